The van der Waals surface area contributed by atoms with E-state index in [1.54, 1.807) is 7.11 Å². The Bertz CT molecular complexity index is 283. The van der Waals surface area contributed by atoms with Crippen LogP contribution in [0, 0.1) is 17.8 Å². The van der Waals surface area contributed by atoms with Gasteiger partial charge >= 0.3 is 0 Å². The number of hydrogen-bond acceptors (Lipinski definition) is 4. The summed E-state index contributed by atoms with van der Waals surface area (Å²) >= 11 is 0. The van der Waals surface area contributed by atoms with Gasteiger partial charge in [-0.2, -0.15) is 0 Å². The molecule has 0 heterocycles. The van der Waals surface area contributed by atoms with E-state index < -0.39 is 0 Å². The summed E-state index contributed by atoms with van der Waals surface area (Å²) in [5.41, 5.74) is 6.13. The van der Waals surface area contributed by atoms with Gasteiger partial charge in [0, 0.05) is 19.7 Å². The third kappa shape index (κ3) is 3.02. The molecule has 2 rings (SSSR count). The van der Waals surface area contributed by atoms with Crippen LogP contribution in [0.15, 0.2) is 0 Å². The lowest BCUT2D eigenvalue weighted by atomic mass is 9.84. The molecule has 1 amide bonds. The number of methoxy groups -OCH3 is 1. The SMILES string of the molecule is COCCOCCNC(=O)C1C2CCC(C2)C1N. The smallest absolute Gasteiger partial charge is 0.225 e. The first-order valence-electron chi connectivity index (χ1n) is 6.84. The molecule has 2 aliphatic carbocycles. The van der Waals surface area contributed by atoms with E-state index in [1.165, 1.54) is 12.8 Å². The molecule has 3 N–H and O–H groups in total. The van der Waals surface area contributed by atoms with Gasteiger partial charge in [-0.3, -0.25) is 4.79 Å². The van der Waals surface area contributed by atoms with E-state index in [2.05, 4.69) is 5.32 Å². The van der Waals surface area contributed by atoms with E-state index in [0.29, 0.717) is 38.2 Å². The average molecular weight is 256 g/mol. The minimum atomic E-state index is 0.0303. The number of nitrogens with two attached hydrogens (primary N) is 1. The summed E-state index contributed by atoms with van der Waals surface area (Å²) in [5, 5.41) is 2.93. The zero-order chi connectivity index (χ0) is 13.0. The van der Waals surface area contributed by atoms with Crippen LogP contribution < -0.4 is 11.1 Å². The number of ether oxygens (including phenoxy) is 2. The zero-order valence-electron chi connectivity index (χ0n) is 11.1. The van der Waals surface area contributed by atoms with Gasteiger partial charge in [-0.25, -0.2) is 0 Å². The summed E-state index contributed by atoms with van der Waals surface area (Å²) in [5.74, 6) is 1.23. The lowest BCUT2D eigenvalue weighted by Crippen LogP contribution is -2.45. The summed E-state index contributed by atoms with van der Waals surface area (Å²) in [7, 11) is 1.64. The van der Waals surface area contributed by atoms with E-state index in [0.717, 1.165) is 6.42 Å². The topological polar surface area (TPSA) is 73.6 Å². The Morgan fingerprint density at radius 1 is 1.28 bits per heavy atom. The predicted molar refractivity (Wildman–Crippen MR) is 68.0 cm³/mol. The van der Waals surface area contributed by atoms with Crippen molar-refractivity contribution in [3.8, 4) is 0 Å². The second kappa shape index (κ2) is 6.50. The average Bonchev–Trinajstić information content (AvgIpc) is 2.94. The second-order valence-corrected chi connectivity index (χ2v) is 5.33. The van der Waals surface area contributed by atoms with Crippen molar-refractivity contribution in [2.45, 2.75) is 25.3 Å². The fourth-order valence-corrected chi connectivity index (χ4v) is 3.33. The van der Waals surface area contributed by atoms with Crippen molar-refractivity contribution in [3.63, 3.8) is 0 Å². The number of carbonyl (C=O) groups is 1. The first-order chi connectivity index (χ1) is 8.74. The number of hydrogen-bond donors (Lipinski definition) is 2. The molecule has 5 heteroatoms. The van der Waals surface area contributed by atoms with Crippen molar-refractivity contribution in [2.24, 2.45) is 23.5 Å². The Morgan fingerprint density at radius 3 is 2.72 bits per heavy atom. The van der Waals surface area contributed by atoms with Gasteiger partial charge in [0.25, 0.3) is 0 Å². The van der Waals surface area contributed by atoms with Gasteiger partial charge in [-0.1, -0.05) is 0 Å². The van der Waals surface area contributed by atoms with Crippen LogP contribution in [-0.2, 0) is 14.3 Å². The van der Waals surface area contributed by atoms with Crippen molar-refractivity contribution in [1.29, 1.82) is 0 Å². The van der Waals surface area contributed by atoms with Gasteiger partial charge in [-0.15, -0.1) is 0 Å². The minimum Gasteiger partial charge on any atom is -0.382 e. The van der Waals surface area contributed by atoms with E-state index in [9.17, 15) is 4.79 Å². The standard InChI is InChI=1S/C13H24N2O3/c1-17-6-7-18-5-4-15-13(16)11-9-2-3-10(8-9)12(11)14/h9-12H,2-8,14H2,1H3,(H,15,16). The van der Waals surface area contributed by atoms with Gasteiger partial charge in [0.05, 0.1) is 25.7 Å². The summed E-state index contributed by atoms with van der Waals surface area (Å²) in [6, 6.07) is 0.0677. The second-order valence-electron chi connectivity index (χ2n) is 5.33. The third-order valence-electron chi connectivity index (χ3n) is 4.26. The quantitative estimate of drug-likeness (QED) is 0.635. The highest BCUT2D eigenvalue weighted by atomic mass is 16.5. The fourth-order valence-electron chi connectivity index (χ4n) is 3.33. The lowest BCUT2D eigenvalue weighted by Gasteiger charge is -2.26. The molecular formula is C13H24N2O3. The molecule has 2 bridgehead atoms. The highest BCUT2D eigenvalue weighted by Crippen LogP contribution is 2.47. The molecule has 2 fully saturated rings. The van der Waals surface area contributed by atoms with Crippen molar-refractivity contribution in [1.82, 2.24) is 5.32 Å². The third-order valence-corrected chi connectivity index (χ3v) is 4.26. The monoisotopic (exact) mass is 256 g/mol. The van der Waals surface area contributed by atoms with Crippen LogP contribution in [0.2, 0.25) is 0 Å². The summed E-state index contributed by atoms with van der Waals surface area (Å²) in [6.07, 6.45) is 3.51. The molecule has 0 aliphatic heterocycles. The molecule has 0 spiro atoms. The Morgan fingerprint density at radius 2 is 2.06 bits per heavy atom. The zero-order valence-corrected chi connectivity index (χ0v) is 11.1. The lowest BCUT2D eigenvalue weighted by molar-refractivity contribution is -0.127. The minimum absolute atomic E-state index is 0.0303. The van der Waals surface area contributed by atoms with E-state index in [1.807, 2.05) is 0 Å². The summed E-state index contributed by atoms with van der Waals surface area (Å²) in [4.78, 5) is 12.1. The number of rotatable bonds is 7. The molecule has 104 valence electrons. The molecular weight excluding hydrogens is 232 g/mol. The van der Waals surface area contributed by atoms with Crippen LogP contribution in [0.25, 0.3) is 0 Å². The van der Waals surface area contributed by atoms with Crippen LogP contribution >= 0.6 is 0 Å². The molecule has 0 aromatic rings. The predicted octanol–water partition coefficient (Wildman–Crippen LogP) is 0.139. The van der Waals surface area contributed by atoms with E-state index in [-0.39, 0.29) is 17.9 Å². The first kappa shape index (κ1) is 13.8. The molecule has 4 atom stereocenters. The van der Waals surface area contributed by atoms with Crippen LogP contribution in [0.1, 0.15) is 19.3 Å². The molecule has 18 heavy (non-hydrogen) atoms. The summed E-state index contributed by atoms with van der Waals surface area (Å²) < 4.78 is 10.2. The molecule has 0 aromatic carbocycles. The van der Waals surface area contributed by atoms with Crippen LogP contribution in [0.3, 0.4) is 0 Å². The normalized spacial score (nSPS) is 33.9. The highest BCUT2D eigenvalue weighted by Gasteiger charge is 2.48. The van der Waals surface area contributed by atoms with Crippen LogP contribution in [0.5, 0.6) is 0 Å². The highest BCUT2D eigenvalue weighted by molar-refractivity contribution is 5.80. The molecule has 0 saturated heterocycles. The van der Waals surface area contributed by atoms with Crippen LogP contribution in [-0.4, -0.2) is 45.4 Å². The summed E-state index contributed by atoms with van der Waals surface area (Å²) in [6.45, 7) is 2.25. The number of nitrogens with one attached hydrogen (secondary N) is 1. The fraction of sp³-hybridized carbons (Fsp3) is 0.923. The Labute approximate surface area is 108 Å². The molecule has 5 nitrogen and oxygen atoms in total. The van der Waals surface area contributed by atoms with Gasteiger partial charge in [0.1, 0.15) is 0 Å². The number of fused-ring (bicyclic) bond motifs is 2. The van der Waals surface area contributed by atoms with Gasteiger partial charge in [-0.05, 0) is 31.1 Å². The number of carbonyl (C=O) groups excluding carboxylic acids is 1. The van der Waals surface area contributed by atoms with E-state index >= 15 is 0 Å². The molecule has 4 unspecified atom stereocenters. The van der Waals surface area contributed by atoms with E-state index in [4.69, 9.17) is 15.2 Å². The van der Waals surface area contributed by atoms with Crippen molar-refractivity contribution in [3.05, 3.63) is 0 Å². The Hall–Kier alpha value is -0.650. The first-order valence-corrected chi connectivity index (χ1v) is 6.84. The molecule has 2 aliphatic rings. The van der Waals surface area contributed by atoms with Crippen molar-refractivity contribution >= 4 is 5.91 Å². The van der Waals surface area contributed by atoms with Crippen molar-refractivity contribution < 1.29 is 14.3 Å². The molecule has 0 radical (unpaired) electrons. The molecule has 0 aromatic heterocycles. The largest absolute Gasteiger partial charge is 0.382 e. The van der Waals surface area contributed by atoms with Crippen molar-refractivity contribution in [2.75, 3.05) is 33.5 Å². The Kier molecular flexibility index (Phi) is 4.97. The van der Waals surface area contributed by atoms with Gasteiger partial charge in [0.2, 0.25) is 5.91 Å². The van der Waals surface area contributed by atoms with Crippen LogP contribution in [0.4, 0.5) is 0 Å². The van der Waals surface area contributed by atoms with Gasteiger partial charge in [0.15, 0.2) is 0 Å². The maximum absolute atomic E-state index is 12.1. The maximum Gasteiger partial charge on any atom is 0.225 e. The van der Waals surface area contributed by atoms with Gasteiger partial charge < -0.3 is 20.5 Å². The maximum atomic E-state index is 12.1. The Balaban J connectivity index is 1.63. The number of amides is 1. The molecule has 2 saturated carbocycles.